The number of amides is 1. The van der Waals surface area contributed by atoms with Gasteiger partial charge in [0.15, 0.2) is 10.8 Å². The van der Waals surface area contributed by atoms with Crippen LogP contribution in [0, 0.1) is 5.92 Å². The smallest absolute Gasteiger partial charge is 0.348 e. The normalized spacial score (nSPS) is 17.2. The van der Waals surface area contributed by atoms with Gasteiger partial charge >= 0.3 is 6.18 Å². The highest BCUT2D eigenvalue weighted by atomic mass is 32.2. The van der Waals surface area contributed by atoms with Gasteiger partial charge in [0, 0.05) is 18.8 Å². The predicted octanol–water partition coefficient (Wildman–Crippen LogP) is 5.07. The quantitative estimate of drug-likeness (QED) is 0.417. The van der Waals surface area contributed by atoms with Crippen molar-refractivity contribution in [3.8, 4) is 0 Å². The number of benzene rings is 1. The van der Waals surface area contributed by atoms with E-state index in [9.17, 15) is 18.0 Å². The molecule has 3 aromatic rings. The van der Waals surface area contributed by atoms with Gasteiger partial charge in [0.25, 0.3) is 0 Å². The monoisotopic (exact) mass is 467 g/mol. The molecule has 3 heterocycles. The van der Waals surface area contributed by atoms with E-state index < -0.39 is 17.6 Å². The van der Waals surface area contributed by atoms with Crippen LogP contribution in [0.5, 0.6) is 0 Å². The SMILES string of the molecule is CC1CCCN(c2nc3ncnc(SCC(=O)Nc4cccc(C(F)(F)F)c4)c3s2)C1. The van der Waals surface area contributed by atoms with Crippen molar-refractivity contribution in [2.45, 2.75) is 31.0 Å². The van der Waals surface area contributed by atoms with E-state index in [0.29, 0.717) is 16.6 Å². The molecule has 4 rings (SSSR count). The van der Waals surface area contributed by atoms with Crippen LogP contribution in [0.3, 0.4) is 0 Å². The Morgan fingerprint density at radius 1 is 1.35 bits per heavy atom. The number of alkyl halides is 3. The second kappa shape index (κ2) is 8.99. The van der Waals surface area contributed by atoms with Crippen molar-refractivity contribution in [3.05, 3.63) is 36.2 Å². The first-order valence-electron chi connectivity index (χ1n) is 9.76. The maximum absolute atomic E-state index is 12.8. The van der Waals surface area contributed by atoms with Crippen molar-refractivity contribution < 1.29 is 18.0 Å². The molecule has 0 spiro atoms. The molecule has 1 aliphatic rings. The van der Waals surface area contributed by atoms with Gasteiger partial charge in [-0.15, -0.1) is 0 Å². The Balaban J connectivity index is 1.43. The molecule has 2 aromatic heterocycles. The molecule has 1 unspecified atom stereocenters. The number of carbonyl (C=O) groups excluding carboxylic acids is 1. The van der Waals surface area contributed by atoms with Crippen molar-refractivity contribution in [1.82, 2.24) is 15.0 Å². The first-order valence-corrected chi connectivity index (χ1v) is 11.6. The summed E-state index contributed by atoms with van der Waals surface area (Å²) in [6.45, 7) is 4.14. The Bertz CT molecular complexity index is 1090. The van der Waals surface area contributed by atoms with Crippen LogP contribution in [-0.2, 0) is 11.0 Å². The van der Waals surface area contributed by atoms with Crippen molar-refractivity contribution in [2.24, 2.45) is 5.92 Å². The molecule has 1 aromatic carbocycles. The van der Waals surface area contributed by atoms with Crippen LogP contribution in [0.25, 0.3) is 10.3 Å². The highest BCUT2D eigenvalue weighted by Crippen LogP contribution is 2.35. The molecule has 164 valence electrons. The highest BCUT2D eigenvalue weighted by Gasteiger charge is 2.30. The Morgan fingerprint density at radius 3 is 2.97 bits per heavy atom. The maximum atomic E-state index is 12.8. The summed E-state index contributed by atoms with van der Waals surface area (Å²) in [6, 6.07) is 4.57. The third-order valence-corrected chi connectivity index (χ3v) is 7.12. The number of nitrogens with zero attached hydrogens (tertiary/aromatic N) is 4. The van der Waals surface area contributed by atoms with E-state index in [1.165, 1.54) is 48.0 Å². The summed E-state index contributed by atoms with van der Waals surface area (Å²) < 4.78 is 39.3. The molecule has 1 amide bonds. The summed E-state index contributed by atoms with van der Waals surface area (Å²) in [4.78, 5) is 27.7. The van der Waals surface area contributed by atoms with E-state index in [1.54, 1.807) is 0 Å². The number of piperidine rings is 1. The average molecular weight is 468 g/mol. The fraction of sp³-hybridized carbons (Fsp3) is 0.400. The van der Waals surface area contributed by atoms with Gasteiger partial charge in [-0.25, -0.2) is 9.97 Å². The third kappa shape index (κ3) is 5.27. The lowest BCUT2D eigenvalue weighted by Gasteiger charge is -2.30. The predicted molar refractivity (Wildman–Crippen MR) is 117 cm³/mol. The number of hydrogen-bond donors (Lipinski definition) is 1. The zero-order valence-corrected chi connectivity index (χ0v) is 18.3. The van der Waals surface area contributed by atoms with E-state index in [1.807, 2.05) is 0 Å². The Kier molecular flexibility index (Phi) is 6.33. The minimum atomic E-state index is -4.46. The van der Waals surface area contributed by atoms with Crippen molar-refractivity contribution >= 4 is 50.2 Å². The summed E-state index contributed by atoms with van der Waals surface area (Å²) in [5.41, 5.74) is -0.110. The summed E-state index contributed by atoms with van der Waals surface area (Å²) in [5.74, 6) is 0.210. The molecule has 0 saturated carbocycles. The first-order chi connectivity index (χ1) is 14.8. The molecular formula is C20H20F3N5OS2. The minimum absolute atomic E-state index is 0.0103. The van der Waals surface area contributed by atoms with Crippen molar-refractivity contribution in [3.63, 3.8) is 0 Å². The minimum Gasteiger partial charge on any atom is -0.348 e. The molecule has 1 atom stereocenters. The topological polar surface area (TPSA) is 71.0 Å². The van der Waals surface area contributed by atoms with Crippen LogP contribution >= 0.6 is 23.1 Å². The van der Waals surface area contributed by atoms with E-state index in [0.717, 1.165) is 41.5 Å². The number of hydrogen-bond acceptors (Lipinski definition) is 7. The number of rotatable bonds is 5. The number of aromatic nitrogens is 3. The number of halogens is 3. The standard InChI is InChI=1S/C20H20F3N5OS2/c1-12-4-3-7-28(9-12)19-27-17-16(31-19)18(25-11-24-17)30-10-15(29)26-14-6-2-5-13(8-14)20(21,22)23/h2,5-6,8,11-12H,3-4,7,9-10H2,1H3,(H,26,29). The summed E-state index contributed by atoms with van der Waals surface area (Å²) in [7, 11) is 0. The molecule has 0 aliphatic carbocycles. The Morgan fingerprint density at radius 2 is 2.19 bits per heavy atom. The van der Waals surface area contributed by atoms with Crippen LogP contribution in [0.2, 0.25) is 0 Å². The zero-order valence-electron chi connectivity index (χ0n) is 16.6. The molecular weight excluding hydrogens is 447 g/mol. The van der Waals surface area contributed by atoms with Crippen LogP contribution in [0.15, 0.2) is 35.6 Å². The van der Waals surface area contributed by atoms with Gasteiger partial charge in [-0.3, -0.25) is 4.79 Å². The fourth-order valence-corrected chi connectivity index (χ4v) is 5.35. The van der Waals surface area contributed by atoms with E-state index in [-0.39, 0.29) is 11.4 Å². The number of thiazole rings is 1. The summed E-state index contributed by atoms with van der Waals surface area (Å²) in [6.07, 6.45) is -0.709. The molecule has 11 heteroatoms. The van der Waals surface area contributed by atoms with Gasteiger partial charge in [0.2, 0.25) is 5.91 Å². The largest absolute Gasteiger partial charge is 0.416 e. The molecule has 1 fully saturated rings. The number of nitrogens with one attached hydrogen (secondary N) is 1. The molecule has 1 N–H and O–H groups in total. The van der Waals surface area contributed by atoms with E-state index in [4.69, 9.17) is 0 Å². The van der Waals surface area contributed by atoms with Crippen LogP contribution in [0.1, 0.15) is 25.3 Å². The van der Waals surface area contributed by atoms with Gasteiger partial charge in [0.1, 0.15) is 16.1 Å². The van der Waals surface area contributed by atoms with Crippen molar-refractivity contribution in [1.29, 1.82) is 0 Å². The molecule has 0 radical (unpaired) electrons. The van der Waals surface area contributed by atoms with Gasteiger partial charge in [-0.2, -0.15) is 18.2 Å². The molecule has 6 nitrogen and oxygen atoms in total. The lowest BCUT2D eigenvalue weighted by molar-refractivity contribution is -0.137. The molecule has 1 aliphatic heterocycles. The van der Waals surface area contributed by atoms with Gasteiger partial charge in [-0.05, 0) is 37.0 Å². The molecule has 31 heavy (non-hydrogen) atoms. The van der Waals surface area contributed by atoms with Gasteiger partial charge in [-0.1, -0.05) is 36.1 Å². The zero-order chi connectivity index (χ0) is 22.0. The first kappa shape index (κ1) is 21.8. The van der Waals surface area contributed by atoms with Crippen molar-refractivity contribution in [2.75, 3.05) is 29.1 Å². The highest BCUT2D eigenvalue weighted by molar-refractivity contribution is 8.00. The molecule has 1 saturated heterocycles. The fourth-order valence-electron chi connectivity index (χ4n) is 3.43. The molecule has 0 bridgehead atoms. The second-order valence-corrected chi connectivity index (χ2v) is 9.38. The second-order valence-electron chi connectivity index (χ2n) is 7.44. The Hall–Kier alpha value is -2.40. The number of anilines is 2. The number of thioether (sulfide) groups is 1. The Labute approximate surface area is 185 Å². The van der Waals surface area contributed by atoms with E-state index >= 15 is 0 Å². The lowest BCUT2D eigenvalue weighted by Crippen LogP contribution is -2.34. The lowest BCUT2D eigenvalue weighted by atomic mass is 10.0. The number of fused-ring (bicyclic) bond motifs is 1. The average Bonchev–Trinajstić information content (AvgIpc) is 3.17. The number of carbonyl (C=O) groups is 1. The third-order valence-electron chi connectivity index (χ3n) is 4.89. The summed E-state index contributed by atoms with van der Waals surface area (Å²) in [5, 5.41) is 4.05. The van der Waals surface area contributed by atoms with Crippen LogP contribution < -0.4 is 10.2 Å². The van der Waals surface area contributed by atoms with Crippen LogP contribution in [-0.4, -0.2) is 39.7 Å². The maximum Gasteiger partial charge on any atom is 0.416 e. The van der Waals surface area contributed by atoms with Gasteiger partial charge in [0.05, 0.1) is 11.3 Å². The van der Waals surface area contributed by atoms with Crippen LogP contribution in [0.4, 0.5) is 24.0 Å². The van der Waals surface area contributed by atoms with E-state index in [2.05, 4.69) is 32.1 Å². The summed E-state index contributed by atoms with van der Waals surface area (Å²) >= 11 is 2.72. The van der Waals surface area contributed by atoms with Gasteiger partial charge < -0.3 is 10.2 Å².